The summed E-state index contributed by atoms with van der Waals surface area (Å²) in [5.41, 5.74) is 12.1. The van der Waals surface area contributed by atoms with Crippen LogP contribution in [0, 0.1) is 0 Å². The SMILES string of the molecule is c1ccc(-c2ccc(N(c3ccc4oc5ccccc5c4c3)c3cccc(-c4ccccc4)c3-c3ccc4sc5ccccc5c4c3)cc2)cc1. The maximum atomic E-state index is 6.28. The fraction of sp³-hybridized carbons (Fsp3) is 0. The lowest BCUT2D eigenvalue weighted by atomic mass is 9.91. The van der Waals surface area contributed by atoms with Crippen molar-refractivity contribution in [3.8, 4) is 33.4 Å². The quantitative estimate of drug-likeness (QED) is 0.175. The molecule has 0 atom stereocenters. The number of anilines is 3. The van der Waals surface area contributed by atoms with E-state index in [0.717, 1.165) is 39.0 Å². The molecular formula is C48H31NOS. The van der Waals surface area contributed by atoms with E-state index in [4.69, 9.17) is 4.42 Å². The molecule has 0 unspecified atom stereocenters. The molecule has 0 aliphatic rings. The van der Waals surface area contributed by atoms with Gasteiger partial charge in [0.2, 0.25) is 0 Å². The number of nitrogens with zero attached hydrogens (tertiary/aromatic N) is 1. The van der Waals surface area contributed by atoms with E-state index in [9.17, 15) is 0 Å². The Hall–Kier alpha value is -6.42. The number of para-hydroxylation sites is 1. The number of furan rings is 1. The second-order valence-electron chi connectivity index (χ2n) is 12.9. The molecule has 0 radical (unpaired) electrons. The number of benzene rings is 8. The summed E-state index contributed by atoms with van der Waals surface area (Å²) in [4.78, 5) is 2.41. The average Bonchev–Trinajstić information content (AvgIpc) is 3.77. The molecule has 0 N–H and O–H groups in total. The van der Waals surface area contributed by atoms with Gasteiger partial charge in [-0.15, -0.1) is 11.3 Å². The normalized spacial score (nSPS) is 11.5. The van der Waals surface area contributed by atoms with Crippen LogP contribution in [0.4, 0.5) is 17.1 Å². The van der Waals surface area contributed by atoms with Gasteiger partial charge in [-0.25, -0.2) is 0 Å². The van der Waals surface area contributed by atoms with Crippen molar-refractivity contribution in [3.05, 3.63) is 188 Å². The Bertz CT molecular complexity index is 2850. The summed E-state index contributed by atoms with van der Waals surface area (Å²) in [7, 11) is 0. The zero-order valence-corrected chi connectivity index (χ0v) is 28.5. The van der Waals surface area contributed by atoms with E-state index in [1.54, 1.807) is 0 Å². The highest BCUT2D eigenvalue weighted by Gasteiger charge is 2.22. The van der Waals surface area contributed by atoms with Crippen LogP contribution in [0.2, 0.25) is 0 Å². The van der Waals surface area contributed by atoms with Crippen molar-refractivity contribution < 1.29 is 4.42 Å². The van der Waals surface area contributed by atoms with Crippen molar-refractivity contribution >= 4 is 70.5 Å². The second-order valence-corrected chi connectivity index (χ2v) is 14.0. The lowest BCUT2D eigenvalue weighted by Gasteiger charge is -2.29. The largest absolute Gasteiger partial charge is 0.456 e. The van der Waals surface area contributed by atoms with Crippen LogP contribution in [-0.2, 0) is 0 Å². The Morgan fingerprint density at radius 1 is 0.373 bits per heavy atom. The van der Waals surface area contributed by atoms with Crippen molar-refractivity contribution in [1.29, 1.82) is 0 Å². The van der Waals surface area contributed by atoms with E-state index in [2.05, 4.69) is 181 Å². The Balaban J connectivity index is 1.25. The van der Waals surface area contributed by atoms with Crippen LogP contribution in [0.15, 0.2) is 192 Å². The van der Waals surface area contributed by atoms with E-state index < -0.39 is 0 Å². The molecule has 0 amide bonds. The maximum absolute atomic E-state index is 6.28. The number of hydrogen-bond donors (Lipinski definition) is 0. The third-order valence-corrected chi connectivity index (χ3v) is 11.0. The first-order valence-electron chi connectivity index (χ1n) is 17.3. The average molecular weight is 670 g/mol. The fourth-order valence-corrected chi connectivity index (χ4v) is 8.57. The molecule has 240 valence electrons. The predicted molar refractivity (Wildman–Crippen MR) is 218 cm³/mol. The highest BCUT2D eigenvalue weighted by Crippen LogP contribution is 2.48. The molecule has 2 heterocycles. The molecule has 8 aromatic carbocycles. The summed E-state index contributed by atoms with van der Waals surface area (Å²) < 4.78 is 8.89. The lowest BCUT2D eigenvalue weighted by molar-refractivity contribution is 0.669. The summed E-state index contributed by atoms with van der Waals surface area (Å²) in [6, 6.07) is 67.6. The van der Waals surface area contributed by atoms with Crippen LogP contribution in [0.5, 0.6) is 0 Å². The maximum Gasteiger partial charge on any atom is 0.135 e. The van der Waals surface area contributed by atoms with Crippen LogP contribution in [-0.4, -0.2) is 0 Å². The summed E-state index contributed by atoms with van der Waals surface area (Å²) in [5.74, 6) is 0. The Morgan fingerprint density at radius 3 is 1.82 bits per heavy atom. The first-order valence-corrected chi connectivity index (χ1v) is 18.1. The van der Waals surface area contributed by atoms with Gasteiger partial charge in [-0.2, -0.15) is 0 Å². The van der Waals surface area contributed by atoms with Crippen LogP contribution in [0.3, 0.4) is 0 Å². The topological polar surface area (TPSA) is 16.4 Å². The number of hydrogen-bond acceptors (Lipinski definition) is 3. The minimum Gasteiger partial charge on any atom is -0.456 e. The highest BCUT2D eigenvalue weighted by atomic mass is 32.1. The smallest absolute Gasteiger partial charge is 0.135 e. The predicted octanol–water partition coefficient (Wildman–Crippen LogP) is 14.4. The van der Waals surface area contributed by atoms with Crippen LogP contribution >= 0.6 is 11.3 Å². The zero-order chi connectivity index (χ0) is 33.7. The molecule has 0 bridgehead atoms. The van der Waals surface area contributed by atoms with Gasteiger partial charge in [0.15, 0.2) is 0 Å². The molecule has 10 rings (SSSR count). The second kappa shape index (κ2) is 12.2. The standard InChI is InChI=1S/C48H31NOS/c1-3-12-32(13-4-1)33-22-25-36(26-23-33)49(37-27-28-45-41(31-37)39-16-7-9-20-44(39)50-45)43-19-11-18-38(34-14-5-2-6-15-34)48(43)35-24-29-47-42(30-35)40-17-8-10-21-46(40)51-47/h1-31H. The summed E-state index contributed by atoms with van der Waals surface area (Å²) in [6.45, 7) is 0. The summed E-state index contributed by atoms with van der Waals surface area (Å²) in [5, 5.41) is 4.79. The molecule has 3 heteroatoms. The van der Waals surface area contributed by atoms with Gasteiger partial charge < -0.3 is 9.32 Å². The summed E-state index contributed by atoms with van der Waals surface area (Å²) >= 11 is 1.85. The van der Waals surface area contributed by atoms with E-state index in [1.165, 1.54) is 53.6 Å². The Kier molecular flexibility index (Phi) is 7.04. The van der Waals surface area contributed by atoms with Gasteiger partial charge in [0.1, 0.15) is 11.2 Å². The number of thiophene rings is 1. The minimum atomic E-state index is 0.882. The molecule has 0 aliphatic heterocycles. The van der Waals surface area contributed by atoms with Gasteiger partial charge in [0.05, 0.1) is 5.69 Å². The Morgan fingerprint density at radius 2 is 1.00 bits per heavy atom. The molecule has 0 saturated carbocycles. The third kappa shape index (κ3) is 5.10. The summed E-state index contributed by atoms with van der Waals surface area (Å²) in [6.07, 6.45) is 0. The molecule has 0 aliphatic carbocycles. The minimum absolute atomic E-state index is 0.882. The van der Waals surface area contributed by atoms with Crippen molar-refractivity contribution in [3.63, 3.8) is 0 Å². The Labute approximate surface area is 300 Å². The van der Waals surface area contributed by atoms with Crippen LogP contribution in [0.25, 0.3) is 75.5 Å². The van der Waals surface area contributed by atoms with E-state index >= 15 is 0 Å². The molecule has 0 saturated heterocycles. The van der Waals surface area contributed by atoms with Gasteiger partial charge in [-0.1, -0.05) is 127 Å². The molecule has 0 fully saturated rings. The fourth-order valence-electron chi connectivity index (χ4n) is 7.48. The first-order chi connectivity index (χ1) is 25.3. The molecule has 2 aromatic heterocycles. The monoisotopic (exact) mass is 669 g/mol. The van der Waals surface area contributed by atoms with Crippen LogP contribution < -0.4 is 4.90 Å². The van der Waals surface area contributed by atoms with Crippen molar-refractivity contribution in [1.82, 2.24) is 0 Å². The first kappa shape index (κ1) is 29.5. The van der Waals surface area contributed by atoms with Crippen LogP contribution in [0.1, 0.15) is 0 Å². The number of rotatable bonds is 6. The van der Waals surface area contributed by atoms with E-state index in [1.807, 2.05) is 23.5 Å². The molecule has 2 nitrogen and oxygen atoms in total. The lowest BCUT2D eigenvalue weighted by Crippen LogP contribution is -2.11. The van der Waals surface area contributed by atoms with Crippen molar-refractivity contribution in [2.24, 2.45) is 0 Å². The molecular weight excluding hydrogens is 639 g/mol. The van der Waals surface area contributed by atoms with Gasteiger partial charge in [0.25, 0.3) is 0 Å². The third-order valence-electron chi connectivity index (χ3n) is 9.88. The van der Waals surface area contributed by atoms with Gasteiger partial charge in [-0.05, 0) is 88.5 Å². The van der Waals surface area contributed by atoms with Gasteiger partial charge in [-0.3, -0.25) is 0 Å². The molecule has 0 spiro atoms. The zero-order valence-electron chi connectivity index (χ0n) is 27.7. The van der Waals surface area contributed by atoms with Gasteiger partial charge in [0, 0.05) is 47.9 Å². The van der Waals surface area contributed by atoms with E-state index in [-0.39, 0.29) is 0 Å². The van der Waals surface area contributed by atoms with E-state index in [0.29, 0.717) is 0 Å². The van der Waals surface area contributed by atoms with Crippen molar-refractivity contribution in [2.75, 3.05) is 4.90 Å². The number of fused-ring (bicyclic) bond motifs is 6. The molecule has 10 aromatic rings. The van der Waals surface area contributed by atoms with Gasteiger partial charge >= 0.3 is 0 Å². The highest BCUT2D eigenvalue weighted by molar-refractivity contribution is 7.25. The molecule has 51 heavy (non-hydrogen) atoms. The van der Waals surface area contributed by atoms with Crippen molar-refractivity contribution in [2.45, 2.75) is 0 Å².